The van der Waals surface area contributed by atoms with Crippen LogP contribution in [-0.4, -0.2) is 30.6 Å². The Morgan fingerprint density at radius 1 is 1.41 bits per heavy atom. The van der Waals surface area contributed by atoms with Crippen LogP contribution in [-0.2, 0) is 16.1 Å². The van der Waals surface area contributed by atoms with Crippen molar-refractivity contribution in [1.29, 1.82) is 0 Å². The summed E-state index contributed by atoms with van der Waals surface area (Å²) in [5.41, 5.74) is -0.0397. The quantitative estimate of drug-likeness (QED) is 0.844. The zero-order chi connectivity index (χ0) is 16.3. The summed E-state index contributed by atoms with van der Waals surface area (Å²) in [6.45, 7) is 8.89. The molecule has 1 aromatic rings. The Morgan fingerprint density at radius 2 is 2.14 bits per heavy atom. The van der Waals surface area contributed by atoms with Gasteiger partial charge in [0, 0.05) is 29.9 Å². The normalized spacial score (nSPS) is 22.7. The summed E-state index contributed by atoms with van der Waals surface area (Å²) in [6, 6.07) is 3.82. The van der Waals surface area contributed by atoms with Crippen molar-refractivity contribution in [3.63, 3.8) is 0 Å². The highest BCUT2D eigenvalue weighted by Gasteiger charge is 2.49. The molecular weight excluding hydrogens is 300 g/mol. The maximum absolute atomic E-state index is 12.3. The second-order valence-corrected chi connectivity index (χ2v) is 7.37. The Balaban J connectivity index is 1.89. The first-order valence-corrected chi connectivity index (χ1v) is 8.41. The molecule has 122 valence electrons. The zero-order valence-corrected chi connectivity index (χ0v) is 14.4. The molecule has 2 N–H and O–H groups in total. The van der Waals surface area contributed by atoms with Gasteiger partial charge in [0.15, 0.2) is 0 Å². The van der Waals surface area contributed by atoms with Crippen LogP contribution < -0.4 is 10.6 Å². The summed E-state index contributed by atoms with van der Waals surface area (Å²) < 4.78 is 5.68. The molecule has 0 saturated heterocycles. The summed E-state index contributed by atoms with van der Waals surface area (Å²) >= 11 is 1.41. The minimum Gasteiger partial charge on any atom is -0.378 e. The number of thiophene rings is 1. The van der Waals surface area contributed by atoms with Crippen molar-refractivity contribution >= 4 is 23.2 Å². The lowest BCUT2D eigenvalue weighted by Crippen LogP contribution is -2.62. The number of amides is 2. The third kappa shape index (κ3) is 3.67. The van der Waals surface area contributed by atoms with Crippen LogP contribution in [0.25, 0.3) is 0 Å². The smallest absolute Gasteiger partial charge is 0.261 e. The maximum Gasteiger partial charge on any atom is 0.261 e. The number of ether oxygens (including phenoxy) is 1. The van der Waals surface area contributed by atoms with Gasteiger partial charge in [-0.2, -0.15) is 0 Å². The van der Waals surface area contributed by atoms with E-state index in [1.54, 1.807) is 0 Å². The standard InChI is InChI=1S/C16H24N2O3S/c1-5-21-14-8-13(16(14,3)4)18-15(20)12-7-6-11(22-12)9-17-10(2)19/h6-7,13-14H,5,8-9H2,1-4H3,(H,17,19)(H,18,20)/t13-,14+/m0/s1. The Kier molecular flexibility index (Phi) is 5.24. The van der Waals surface area contributed by atoms with Crippen molar-refractivity contribution in [1.82, 2.24) is 10.6 Å². The molecule has 0 spiro atoms. The molecule has 0 aromatic carbocycles. The second kappa shape index (κ2) is 6.79. The van der Waals surface area contributed by atoms with Crippen LogP contribution in [0.5, 0.6) is 0 Å². The molecule has 1 aliphatic rings. The van der Waals surface area contributed by atoms with Gasteiger partial charge in [0.05, 0.1) is 17.5 Å². The molecule has 22 heavy (non-hydrogen) atoms. The molecule has 0 radical (unpaired) electrons. The monoisotopic (exact) mass is 324 g/mol. The van der Waals surface area contributed by atoms with E-state index in [1.807, 2.05) is 19.1 Å². The van der Waals surface area contributed by atoms with Gasteiger partial charge in [0.25, 0.3) is 5.91 Å². The van der Waals surface area contributed by atoms with Crippen molar-refractivity contribution in [2.75, 3.05) is 6.61 Å². The summed E-state index contributed by atoms with van der Waals surface area (Å²) in [6.07, 6.45) is 1.07. The highest BCUT2D eigenvalue weighted by Crippen LogP contribution is 2.42. The number of nitrogens with one attached hydrogen (secondary N) is 2. The lowest BCUT2D eigenvalue weighted by molar-refractivity contribution is -0.119. The molecule has 0 bridgehead atoms. The molecule has 2 rings (SSSR count). The van der Waals surface area contributed by atoms with E-state index in [0.717, 1.165) is 11.3 Å². The lowest BCUT2D eigenvalue weighted by atomic mass is 9.64. The molecule has 1 aliphatic carbocycles. The third-order valence-corrected chi connectivity index (χ3v) is 5.33. The molecule has 6 heteroatoms. The molecule has 1 aromatic heterocycles. The van der Waals surface area contributed by atoms with Crippen LogP contribution in [0.1, 0.15) is 48.7 Å². The van der Waals surface area contributed by atoms with Gasteiger partial charge in [-0.25, -0.2) is 0 Å². The van der Waals surface area contributed by atoms with E-state index < -0.39 is 0 Å². The molecule has 2 amide bonds. The summed E-state index contributed by atoms with van der Waals surface area (Å²) in [5, 5.41) is 5.83. The Bertz CT molecular complexity index is 553. The van der Waals surface area contributed by atoms with E-state index in [4.69, 9.17) is 4.74 Å². The highest BCUT2D eigenvalue weighted by molar-refractivity contribution is 7.14. The van der Waals surface area contributed by atoms with E-state index in [1.165, 1.54) is 18.3 Å². The van der Waals surface area contributed by atoms with Crippen LogP contribution in [0.15, 0.2) is 12.1 Å². The fourth-order valence-corrected chi connectivity index (χ4v) is 3.50. The molecule has 1 fully saturated rings. The predicted octanol–water partition coefficient (Wildman–Crippen LogP) is 2.32. The van der Waals surface area contributed by atoms with E-state index in [2.05, 4.69) is 24.5 Å². The molecule has 5 nitrogen and oxygen atoms in total. The van der Waals surface area contributed by atoms with Gasteiger partial charge in [-0.05, 0) is 25.5 Å². The summed E-state index contributed by atoms with van der Waals surface area (Å²) in [5.74, 6) is -0.121. The number of carbonyl (C=O) groups excluding carboxylic acids is 2. The van der Waals surface area contributed by atoms with Crippen molar-refractivity contribution in [3.8, 4) is 0 Å². The molecule has 0 aliphatic heterocycles. The third-order valence-electron chi connectivity index (χ3n) is 4.25. The minimum absolute atomic E-state index is 0.0397. The van der Waals surface area contributed by atoms with Gasteiger partial charge in [0.1, 0.15) is 0 Å². The van der Waals surface area contributed by atoms with Gasteiger partial charge < -0.3 is 15.4 Å². The van der Waals surface area contributed by atoms with Crippen molar-refractivity contribution in [2.24, 2.45) is 5.41 Å². The molecule has 1 saturated carbocycles. The van der Waals surface area contributed by atoms with Crippen molar-refractivity contribution < 1.29 is 14.3 Å². The largest absolute Gasteiger partial charge is 0.378 e. The van der Waals surface area contributed by atoms with E-state index in [-0.39, 0.29) is 29.4 Å². The maximum atomic E-state index is 12.3. The number of hydrogen-bond acceptors (Lipinski definition) is 4. The van der Waals surface area contributed by atoms with Crippen molar-refractivity contribution in [3.05, 3.63) is 21.9 Å². The van der Waals surface area contributed by atoms with E-state index in [0.29, 0.717) is 18.0 Å². The average Bonchev–Trinajstić information content (AvgIpc) is 2.93. The number of hydrogen-bond donors (Lipinski definition) is 2. The van der Waals surface area contributed by atoms with Crippen LogP contribution >= 0.6 is 11.3 Å². The Morgan fingerprint density at radius 3 is 2.73 bits per heavy atom. The Hall–Kier alpha value is -1.40. The first-order chi connectivity index (χ1) is 10.3. The molecule has 2 atom stereocenters. The predicted molar refractivity (Wildman–Crippen MR) is 86.9 cm³/mol. The van der Waals surface area contributed by atoms with Crippen LogP contribution in [0.4, 0.5) is 0 Å². The van der Waals surface area contributed by atoms with Crippen molar-refractivity contribution in [2.45, 2.75) is 52.8 Å². The SMILES string of the molecule is CCO[C@@H]1C[C@H](NC(=O)c2ccc(CNC(C)=O)s2)C1(C)C. The topological polar surface area (TPSA) is 67.4 Å². The Labute approximate surface area is 135 Å². The van der Waals surface area contributed by atoms with E-state index in [9.17, 15) is 9.59 Å². The summed E-state index contributed by atoms with van der Waals surface area (Å²) in [4.78, 5) is 24.9. The van der Waals surface area contributed by atoms with Gasteiger partial charge in [-0.3, -0.25) is 9.59 Å². The van der Waals surface area contributed by atoms with Gasteiger partial charge >= 0.3 is 0 Å². The molecule has 0 unspecified atom stereocenters. The van der Waals surface area contributed by atoms with Gasteiger partial charge in [0.2, 0.25) is 5.91 Å². The van der Waals surface area contributed by atoms with Crippen LogP contribution in [0, 0.1) is 5.41 Å². The fraction of sp³-hybridized carbons (Fsp3) is 0.625. The first kappa shape index (κ1) is 17.0. The number of rotatable bonds is 6. The second-order valence-electron chi connectivity index (χ2n) is 6.20. The van der Waals surface area contributed by atoms with E-state index >= 15 is 0 Å². The zero-order valence-electron chi connectivity index (χ0n) is 13.6. The minimum atomic E-state index is -0.0717. The number of carbonyl (C=O) groups is 2. The van der Waals surface area contributed by atoms with Gasteiger partial charge in [-0.15, -0.1) is 11.3 Å². The molecular formula is C16H24N2O3S. The highest BCUT2D eigenvalue weighted by atomic mass is 32.1. The van der Waals surface area contributed by atoms with Crippen LogP contribution in [0.2, 0.25) is 0 Å². The first-order valence-electron chi connectivity index (χ1n) is 7.60. The van der Waals surface area contributed by atoms with Gasteiger partial charge in [-0.1, -0.05) is 13.8 Å². The van der Waals surface area contributed by atoms with Crippen LogP contribution in [0.3, 0.4) is 0 Å². The average molecular weight is 324 g/mol. The summed E-state index contributed by atoms with van der Waals surface area (Å²) in [7, 11) is 0. The fourth-order valence-electron chi connectivity index (χ4n) is 2.65. The molecule has 1 heterocycles. The lowest BCUT2D eigenvalue weighted by Gasteiger charge is -2.51.